The molecule has 1 aliphatic heterocycles. The number of rotatable bonds is 8. The molecule has 2 unspecified atom stereocenters. The van der Waals surface area contributed by atoms with E-state index in [-0.39, 0.29) is 7.55 Å². The zero-order chi connectivity index (χ0) is 13.7. The van der Waals surface area contributed by atoms with Crippen molar-refractivity contribution in [1.82, 2.24) is 0 Å². The molecule has 2 rings (SSSR count). The van der Waals surface area contributed by atoms with E-state index in [1.54, 1.807) is 16.4 Å². The minimum absolute atomic E-state index is 0.0384. The van der Waals surface area contributed by atoms with Crippen molar-refractivity contribution in [2.75, 3.05) is 6.16 Å². The van der Waals surface area contributed by atoms with Gasteiger partial charge in [0.15, 0.2) is 5.66 Å². The Morgan fingerprint density at radius 3 is 2.74 bits per heavy atom. The van der Waals surface area contributed by atoms with Gasteiger partial charge in [-0.05, 0) is 43.4 Å². The van der Waals surface area contributed by atoms with Gasteiger partial charge in [0.05, 0.1) is 0 Å². The maximum atomic E-state index is 3.92. The molecule has 0 nitrogen and oxygen atoms in total. The van der Waals surface area contributed by atoms with E-state index in [1.165, 1.54) is 31.8 Å². The maximum absolute atomic E-state index is 3.92. The Bertz CT molecular complexity index is 448. The van der Waals surface area contributed by atoms with Crippen LogP contribution >= 0.6 is 7.55 Å². The van der Waals surface area contributed by atoms with Crippen LogP contribution in [-0.4, -0.2) is 17.1 Å². The van der Waals surface area contributed by atoms with Gasteiger partial charge in [0.25, 0.3) is 0 Å². The zero-order valence-corrected chi connectivity index (χ0v) is 13.1. The summed E-state index contributed by atoms with van der Waals surface area (Å²) in [5.41, 5.74) is 4.03. The summed E-state index contributed by atoms with van der Waals surface area (Å²) in [5, 5.41) is 1.69. The molecule has 0 spiro atoms. The van der Waals surface area contributed by atoms with Gasteiger partial charge in [-0.3, -0.25) is 0 Å². The number of hydrogen-bond donors (Lipinski definition) is 0. The van der Waals surface area contributed by atoms with Crippen LogP contribution in [0.1, 0.15) is 45.4 Å². The summed E-state index contributed by atoms with van der Waals surface area (Å²) in [6, 6.07) is 0. The molecule has 0 bridgehead atoms. The average molecular weight is 273 g/mol. The summed E-state index contributed by atoms with van der Waals surface area (Å²) in [6.07, 6.45) is 18.1. The van der Waals surface area contributed by atoms with Gasteiger partial charge in [0.2, 0.25) is 0 Å². The Morgan fingerprint density at radius 1 is 1.26 bits per heavy atom. The van der Waals surface area contributed by atoms with E-state index in [0.29, 0.717) is 0 Å². The molecule has 0 N–H and O–H groups in total. The van der Waals surface area contributed by atoms with Crippen LogP contribution in [0.3, 0.4) is 0 Å². The van der Waals surface area contributed by atoms with E-state index in [0.717, 1.165) is 18.5 Å². The van der Waals surface area contributed by atoms with Gasteiger partial charge in [-0.25, -0.2) is 0 Å². The second-order valence-corrected chi connectivity index (χ2v) is 8.06. The molecule has 19 heavy (non-hydrogen) atoms. The largest absolute Gasteiger partial charge is 0.157 e. The van der Waals surface area contributed by atoms with E-state index >= 15 is 0 Å². The lowest BCUT2D eigenvalue weighted by Gasteiger charge is -2.01. The monoisotopic (exact) mass is 273 g/mol. The summed E-state index contributed by atoms with van der Waals surface area (Å²) in [6.45, 7) is 10.1. The Labute approximate surface area is 119 Å². The van der Waals surface area contributed by atoms with Crippen molar-refractivity contribution in [3.8, 4) is 0 Å². The van der Waals surface area contributed by atoms with Crippen LogP contribution < -0.4 is 0 Å². The molecule has 2 atom stereocenters. The molecule has 0 aromatic heterocycles. The van der Waals surface area contributed by atoms with Crippen molar-refractivity contribution in [2.24, 2.45) is 0 Å². The lowest BCUT2D eigenvalue weighted by molar-refractivity contribution is 0.776. The topological polar surface area (TPSA) is 0 Å². The Kier molecular flexibility index (Phi) is 5.40. The summed E-state index contributed by atoms with van der Waals surface area (Å²) in [7, 11) is 0.0384. The van der Waals surface area contributed by atoms with Crippen LogP contribution in [0.25, 0.3) is 0 Å². The highest BCUT2D eigenvalue weighted by atomic mass is 31.1. The third-order valence-corrected chi connectivity index (χ3v) is 7.02. The molecule has 0 fully saturated rings. The van der Waals surface area contributed by atoms with Crippen LogP contribution in [0.2, 0.25) is 0 Å². The first-order chi connectivity index (χ1) is 9.30. The predicted octanol–water partition coefficient (Wildman–Crippen LogP) is 5.62. The third-order valence-electron chi connectivity index (χ3n) is 4.02. The van der Waals surface area contributed by atoms with Gasteiger partial charge < -0.3 is 0 Å². The molecule has 0 saturated heterocycles. The minimum atomic E-state index is 0.0384. The van der Waals surface area contributed by atoms with Gasteiger partial charge in [0.1, 0.15) is 19.0 Å². The summed E-state index contributed by atoms with van der Waals surface area (Å²) < 4.78 is 0. The Balaban J connectivity index is 2.12. The molecule has 102 valence electrons. The van der Waals surface area contributed by atoms with Crippen molar-refractivity contribution in [1.29, 1.82) is 0 Å². The quantitative estimate of drug-likeness (QED) is 0.306. The van der Waals surface area contributed by atoms with Crippen LogP contribution in [0.5, 0.6) is 0 Å². The fourth-order valence-corrected chi connectivity index (χ4v) is 6.26. The minimum Gasteiger partial charge on any atom is -0.103 e. The molecule has 0 aromatic rings. The predicted molar refractivity (Wildman–Crippen MR) is 90.5 cm³/mol. The van der Waals surface area contributed by atoms with Gasteiger partial charge in [0, 0.05) is 6.42 Å². The maximum Gasteiger partial charge on any atom is 0.157 e. The fraction of sp³-hybridized carbons (Fsp3) is 0.500. The molecular formula is C18H26P+. The highest BCUT2D eigenvalue weighted by Gasteiger charge is 2.38. The molecule has 1 heterocycles. The SMILES string of the molecule is C=CCC1=CC2C(=CC(CC=C)=[P+]2CCCCC)C1. The molecule has 0 amide bonds. The molecular weight excluding hydrogens is 247 g/mol. The van der Waals surface area contributed by atoms with Crippen molar-refractivity contribution >= 4 is 12.8 Å². The van der Waals surface area contributed by atoms with Gasteiger partial charge in [-0.1, -0.05) is 31.1 Å². The Morgan fingerprint density at radius 2 is 2.05 bits per heavy atom. The zero-order valence-electron chi connectivity index (χ0n) is 12.2. The van der Waals surface area contributed by atoms with Crippen LogP contribution in [0, 0.1) is 0 Å². The average Bonchev–Trinajstić information content (AvgIpc) is 2.90. The third kappa shape index (κ3) is 3.37. The van der Waals surface area contributed by atoms with Crippen LogP contribution in [0.4, 0.5) is 0 Å². The van der Waals surface area contributed by atoms with Gasteiger partial charge in [-0.2, -0.15) is 0 Å². The van der Waals surface area contributed by atoms with Gasteiger partial charge in [-0.15, -0.1) is 13.2 Å². The summed E-state index contributed by atoms with van der Waals surface area (Å²) in [4.78, 5) is 0. The smallest absolute Gasteiger partial charge is 0.103 e. The van der Waals surface area contributed by atoms with Gasteiger partial charge >= 0.3 is 0 Å². The molecule has 1 heteroatoms. The lowest BCUT2D eigenvalue weighted by atomic mass is 10.1. The van der Waals surface area contributed by atoms with Crippen LogP contribution in [0.15, 0.2) is 48.6 Å². The standard InChI is InChI=1S/C18H26P/c1-4-7-8-11-19-17(10-6-3)14-16-12-15(9-5-2)13-18(16)19/h5-6,13-14,18H,2-4,7-12H2,1H3/q+1. The van der Waals surface area contributed by atoms with Crippen LogP contribution in [-0.2, 0) is 0 Å². The number of allylic oxidation sites excluding steroid dienone is 6. The lowest BCUT2D eigenvalue weighted by Crippen LogP contribution is -1.97. The van der Waals surface area contributed by atoms with Crippen molar-refractivity contribution < 1.29 is 0 Å². The highest BCUT2D eigenvalue weighted by molar-refractivity contribution is 7.61. The number of hydrogen-bond acceptors (Lipinski definition) is 0. The van der Waals surface area contributed by atoms with Crippen molar-refractivity contribution in [2.45, 2.75) is 51.1 Å². The fourth-order valence-electron chi connectivity index (χ4n) is 3.12. The first-order valence-corrected chi connectivity index (χ1v) is 9.14. The molecule has 1 aliphatic carbocycles. The highest BCUT2D eigenvalue weighted by Crippen LogP contribution is 2.50. The summed E-state index contributed by atoms with van der Waals surface area (Å²) >= 11 is 0. The van der Waals surface area contributed by atoms with Crippen molar-refractivity contribution in [3.63, 3.8) is 0 Å². The first-order valence-electron chi connectivity index (χ1n) is 7.54. The second-order valence-electron chi connectivity index (χ2n) is 5.54. The van der Waals surface area contributed by atoms with E-state index < -0.39 is 0 Å². The van der Waals surface area contributed by atoms with E-state index in [4.69, 9.17) is 0 Å². The first kappa shape index (κ1) is 14.5. The normalized spacial score (nSPS) is 23.1. The second kappa shape index (κ2) is 7.06. The molecule has 0 aromatic carbocycles. The molecule has 0 radical (unpaired) electrons. The number of fused-ring (bicyclic) bond motifs is 1. The van der Waals surface area contributed by atoms with E-state index in [2.05, 4.69) is 38.3 Å². The van der Waals surface area contributed by atoms with E-state index in [1.807, 2.05) is 6.08 Å². The van der Waals surface area contributed by atoms with Crippen molar-refractivity contribution in [3.05, 3.63) is 48.6 Å². The molecule has 2 aliphatic rings. The number of unbranched alkanes of at least 4 members (excludes halogenated alkanes) is 2. The molecule has 0 saturated carbocycles. The summed E-state index contributed by atoms with van der Waals surface area (Å²) in [5.74, 6) is 0. The Hall–Kier alpha value is -0.870. The van der Waals surface area contributed by atoms with E-state index in [9.17, 15) is 0 Å².